The highest BCUT2D eigenvalue weighted by Gasteiger charge is 2.61. The van der Waals surface area contributed by atoms with Crippen LogP contribution in [0.4, 0.5) is 10.5 Å². The highest BCUT2D eigenvalue weighted by atomic mass is 32.2. The van der Waals surface area contributed by atoms with Crippen LogP contribution in [0.15, 0.2) is 54.5 Å². The number of carbonyl (C=O) groups is 3. The maximum atomic E-state index is 13.1. The van der Waals surface area contributed by atoms with Crippen molar-refractivity contribution >= 4 is 33.6 Å². The molecular formula is C24H33N3O6S. The topological polar surface area (TPSA) is 131 Å². The zero-order valence-corrected chi connectivity index (χ0v) is 20.7. The maximum Gasteiger partial charge on any atom is 0.408 e. The molecule has 9 nitrogen and oxygen atoms in total. The van der Waals surface area contributed by atoms with Gasteiger partial charge >= 0.3 is 6.09 Å². The summed E-state index contributed by atoms with van der Waals surface area (Å²) >= 11 is 0. The Kier molecular flexibility index (Phi) is 8.66. The van der Waals surface area contributed by atoms with Crippen molar-refractivity contribution in [3.63, 3.8) is 0 Å². The molecule has 186 valence electrons. The summed E-state index contributed by atoms with van der Waals surface area (Å²) in [5.74, 6) is -1.70. The molecule has 3 amide bonds. The van der Waals surface area contributed by atoms with Crippen LogP contribution in [0.5, 0.6) is 0 Å². The number of anilines is 1. The summed E-state index contributed by atoms with van der Waals surface area (Å²) < 4.78 is 33.4. The molecule has 34 heavy (non-hydrogen) atoms. The van der Waals surface area contributed by atoms with Gasteiger partial charge in [0.05, 0.1) is 5.69 Å². The standard InChI is InChI=1S/C24H33N3O6S/c1-6-8-9-10-15-20(28)25-18-13-11-12-14-19(18)34(31,32)27-21(29)24(16-17(24)7-2)26-22(30)33-23(3,4)5/h6-7,11-14,17H,1-2,8-10,15-16H2,3-5H3,(H,25,28)(H,26,30)(H,27,29)/t17-,24-/m1/s1. The third kappa shape index (κ3) is 7.18. The number of carbonyl (C=O) groups excluding carboxylic acids is 3. The van der Waals surface area contributed by atoms with Crippen LogP contribution >= 0.6 is 0 Å². The van der Waals surface area contributed by atoms with E-state index in [1.54, 1.807) is 32.9 Å². The van der Waals surface area contributed by atoms with Gasteiger partial charge in [-0.2, -0.15) is 0 Å². The van der Waals surface area contributed by atoms with Crippen molar-refractivity contribution in [2.24, 2.45) is 5.92 Å². The molecule has 0 spiro atoms. The molecule has 1 aromatic carbocycles. The molecular weight excluding hydrogens is 458 g/mol. The minimum Gasteiger partial charge on any atom is -0.444 e. The maximum absolute atomic E-state index is 13.1. The Hall–Kier alpha value is -3.14. The van der Waals surface area contributed by atoms with E-state index in [4.69, 9.17) is 4.74 Å². The Labute approximate surface area is 201 Å². The highest BCUT2D eigenvalue weighted by Crippen LogP contribution is 2.45. The number of sulfonamides is 1. The number of para-hydroxylation sites is 1. The Bertz CT molecular complexity index is 1060. The van der Waals surface area contributed by atoms with Crippen LogP contribution in [0, 0.1) is 5.92 Å². The fourth-order valence-corrected chi connectivity index (χ4v) is 4.58. The first-order valence-corrected chi connectivity index (χ1v) is 12.5. The van der Waals surface area contributed by atoms with Crippen molar-refractivity contribution in [1.82, 2.24) is 10.0 Å². The predicted molar refractivity (Wildman–Crippen MR) is 129 cm³/mol. The molecule has 0 saturated heterocycles. The molecule has 1 aliphatic carbocycles. The molecule has 1 fully saturated rings. The number of allylic oxidation sites excluding steroid dienone is 1. The molecule has 1 aliphatic rings. The average molecular weight is 492 g/mol. The minimum atomic E-state index is -4.36. The van der Waals surface area contributed by atoms with E-state index < -0.39 is 39.1 Å². The third-order valence-corrected chi connectivity index (χ3v) is 6.56. The number of unbranched alkanes of at least 4 members (excludes halogenated alkanes) is 2. The number of ether oxygens (including phenoxy) is 1. The summed E-state index contributed by atoms with van der Waals surface area (Å²) in [5.41, 5.74) is -2.22. The lowest BCUT2D eigenvalue weighted by molar-refractivity contribution is -0.122. The van der Waals surface area contributed by atoms with Gasteiger partial charge in [0.2, 0.25) is 5.91 Å². The zero-order chi connectivity index (χ0) is 25.6. The zero-order valence-electron chi connectivity index (χ0n) is 19.8. The first-order valence-electron chi connectivity index (χ1n) is 11.1. The molecule has 0 unspecified atom stereocenters. The normalized spacial score (nSPS) is 19.4. The number of nitrogens with one attached hydrogen (secondary N) is 3. The van der Waals surface area contributed by atoms with Crippen molar-refractivity contribution < 1.29 is 27.5 Å². The lowest BCUT2D eigenvalue weighted by Gasteiger charge is -2.23. The van der Waals surface area contributed by atoms with Crippen LogP contribution in [0.2, 0.25) is 0 Å². The van der Waals surface area contributed by atoms with Gasteiger partial charge in [-0.1, -0.05) is 24.3 Å². The second kappa shape index (κ2) is 10.9. The van der Waals surface area contributed by atoms with Gasteiger partial charge in [-0.3, -0.25) is 9.59 Å². The molecule has 0 aromatic heterocycles. The number of rotatable bonds is 11. The van der Waals surface area contributed by atoms with Crippen LogP contribution in [-0.4, -0.2) is 37.5 Å². The van der Waals surface area contributed by atoms with E-state index in [2.05, 4.69) is 23.8 Å². The molecule has 0 aliphatic heterocycles. The predicted octanol–water partition coefficient (Wildman–Crippen LogP) is 3.65. The first-order chi connectivity index (χ1) is 15.8. The smallest absolute Gasteiger partial charge is 0.408 e. The Morgan fingerprint density at radius 1 is 1.18 bits per heavy atom. The summed E-state index contributed by atoms with van der Waals surface area (Å²) in [6.07, 6.45) is 5.02. The van der Waals surface area contributed by atoms with Crippen molar-refractivity contribution in [2.45, 2.75) is 68.9 Å². The summed E-state index contributed by atoms with van der Waals surface area (Å²) in [4.78, 5) is 37.3. The van der Waals surface area contributed by atoms with Gasteiger partial charge in [-0.15, -0.1) is 13.2 Å². The van der Waals surface area contributed by atoms with Gasteiger partial charge in [-0.25, -0.2) is 17.9 Å². The van der Waals surface area contributed by atoms with E-state index in [1.807, 2.05) is 4.72 Å². The molecule has 3 N–H and O–H groups in total. The quantitative estimate of drug-likeness (QED) is 0.320. The van der Waals surface area contributed by atoms with E-state index in [1.165, 1.54) is 24.3 Å². The van der Waals surface area contributed by atoms with Gasteiger partial charge in [0.1, 0.15) is 16.0 Å². The van der Waals surface area contributed by atoms with E-state index in [9.17, 15) is 22.8 Å². The number of hydrogen-bond donors (Lipinski definition) is 3. The summed E-state index contributed by atoms with van der Waals surface area (Å²) in [5, 5.41) is 5.09. The fourth-order valence-electron chi connectivity index (χ4n) is 3.38. The highest BCUT2D eigenvalue weighted by molar-refractivity contribution is 7.90. The minimum absolute atomic E-state index is 0.0572. The first kappa shape index (κ1) is 27.1. The summed E-state index contributed by atoms with van der Waals surface area (Å²) in [6.45, 7) is 12.3. The van der Waals surface area contributed by atoms with Gasteiger partial charge in [0.25, 0.3) is 15.9 Å². The van der Waals surface area contributed by atoms with E-state index >= 15 is 0 Å². The molecule has 2 atom stereocenters. The van der Waals surface area contributed by atoms with Crippen LogP contribution in [0.3, 0.4) is 0 Å². The van der Waals surface area contributed by atoms with Gasteiger partial charge < -0.3 is 15.4 Å². The van der Waals surface area contributed by atoms with Crippen LogP contribution < -0.4 is 15.4 Å². The average Bonchev–Trinajstić information content (AvgIpc) is 3.44. The van der Waals surface area contributed by atoms with Crippen molar-refractivity contribution in [1.29, 1.82) is 0 Å². The molecule has 10 heteroatoms. The number of benzene rings is 1. The molecule has 2 rings (SSSR count). The van der Waals surface area contributed by atoms with Crippen LogP contribution in [0.25, 0.3) is 0 Å². The largest absolute Gasteiger partial charge is 0.444 e. The molecule has 0 radical (unpaired) electrons. The SMILES string of the molecule is C=CCCCCC(=O)Nc1ccccc1S(=O)(=O)NC(=O)[C@@]1(NC(=O)OC(C)(C)C)C[C@H]1C=C. The van der Waals surface area contributed by atoms with E-state index in [-0.39, 0.29) is 29.3 Å². The lowest BCUT2D eigenvalue weighted by atomic mass is 10.2. The molecule has 0 heterocycles. The second-order valence-corrected chi connectivity index (χ2v) is 10.8. The number of alkyl carbamates (subject to hydrolysis) is 1. The molecule has 1 saturated carbocycles. The summed E-state index contributed by atoms with van der Waals surface area (Å²) in [7, 11) is -4.36. The third-order valence-electron chi connectivity index (χ3n) is 5.17. The second-order valence-electron chi connectivity index (χ2n) is 9.16. The molecule has 0 bridgehead atoms. The summed E-state index contributed by atoms with van der Waals surface area (Å²) in [6, 6.07) is 5.79. The monoisotopic (exact) mass is 491 g/mol. The fraction of sp³-hybridized carbons (Fsp3) is 0.458. The van der Waals surface area contributed by atoms with Gasteiger partial charge in [0.15, 0.2) is 0 Å². The van der Waals surface area contributed by atoms with Gasteiger partial charge in [0, 0.05) is 12.3 Å². The molecule has 1 aromatic rings. The Morgan fingerprint density at radius 2 is 1.85 bits per heavy atom. The van der Waals surface area contributed by atoms with E-state index in [0.29, 0.717) is 6.42 Å². The van der Waals surface area contributed by atoms with Crippen molar-refractivity contribution in [3.05, 3.63) is 49.6 Å². The number of hydrogen-bond acceptors (Lipinski definition) is 6. The van der Waals surface area contributed by atoms with Gasteiger partial charge in [-0.05, 0) is 58.6 Å². The van der Waals surface area contributed by atoms with E-state index in [0.717, 1.165) is 12.8 Å². The van der Waals surface area contributed by atoms with Crippen molar-refractivity contribution in [3.8, 4) is 0 Å². The number of amides is 3. The van der Waals surface area contributed by atoms with Crippen LogP contribution in [-0.2, 0) is 24.3 Å². The van der Waals surface area contributed by atoms with Crippen LogP contribution in [0.1, 0.15) is 52.9 Å². The Morgan fingerprint density at radius 3 is 2.44 bits per heavy atom. The van der Waals surface area contributed by atoms with Crippen molar-refractivity contribution in [2.75, 3.05) is 5.32 Å². The lowest BCUT2D eigenvalue weighted by Crippen LogP contribution is -2.52. The Balaban J connectivity index is 2.16.